The lowest BCUT2D eigenvalue weighted by atomic mass is 9.79. The van der Waals surface area contributed by atoms with Crippen LogP contribution in [0.2, 0.25) is 0 Å². The van der Waals surface area contributed by atoms with Crippen LogP contribution in [0.3, 0.4) is 0 Å². The van der Waals surface area contributed by atoms with Crippen molar-refractivity contribution in [3.05, 3.63) is 12.1 Å². The molecule has 1 saturated heterocycles. The topological polar surface area (TPSA) is 3.24 Å². The van der Waals surface area contributed by atoms with Gasteiger partial charge in [0.2, 0.25) is 0 Å². The third kappa shape index (κ3) is 3.90. The van der Waals surface area contributed by atoms with Gasteiger partial charge in [0.25, 0.3) is 0 Å². The molecule has 1 fully saturated rings. The Morgan fingerprint density at radius 2 is 2.13 bits per heavy atom. The van der Waals surface area contributed by atoms with Crippen LogP contribution in [0, 0.1) is 5.92 Å². The summed E-state index contributed by atoms with van der Waals surface area (Å²) in [7, 11) is 0. The molecule has 88 valence electrons. The van der Waals surface area contributed by atoms with Gasteiger partial charge >= 0.3 is 6.98 Å². The van der Waals surface area contributed by atoms with E-state index in [2.05, 4.69) is 13.5 Å². The maximum absolute atomic E-state index is 12.3. The number of piperidine rings is 1. The molecule has 1 aliphatic heterocycles. The molecule has 15 heavy (non-hydrogen) atoms. The Balaban J connectivity index is 2.41. The molecular formula is C10H18BF3N-. The maximum atomic E-state index is 12.3. The van der Waals surface area contributed by atoms with Crippen LogP contribution in [0.1, 0.15) is 26.2 Å². The Labute approximate surface area is 89.4 Å². The first-order chi connectivity index (χ1) is 6.93. The highest BCUT2D eigenvalue weighted by Crippen LogP contribution is 2.23. The lowest BCUT2D eigenvalue weighted by Crippen LogP contribution is -2.39. The van der Waals surface area contributed by atoms with Gasteiger partial charge in [-0.05, 0) is 31.8 Å². The quantitative estimate of drug-likeness (QED) is 0.658. The van der Waals surface area contributed by atoms with Gasteiger partial charge in [-0.15, -0.1) is 12.1 Å². The first kappa shape index (κ1) is 12.6. The monoisotopic (exact) mass is 220 g/mol. The smallest absolute Gasteiger partial charge is 0.445 e. The number of hydrogen-bond acceptors (Lipinski definition) is 1. The van der Waals surface area contributed by atoms with E-state index in [1.54, 1.807) is 0 Å². The van der Waals surface area contributed by atoms with E-state index in [0.29, 0.717) is 5.92 Å². The first-order valence-electron chi connectivity index (χ1n) is 5.53. The van der Waals surface area contributed by atoms with E-state index in [-0.39, 0.29) is 6.54 Å². The third-order valence-corrected chi connectivity index (χ3v) is 3.07. The van der Waals surface area contributed by atoms with Gasteiger partial charge in [-0.25, -0.2) is 0 Å². The normalized spacial score (nSPS) is 24.1. The lowest BCUT2D eigenvalue weighted by molar-refractivity contribution is 0.184. The van der Waals surface area contributed by atoms with Crippen molar-refractivity contribution in [3.8, 4) is 0 Å². The third-order valence-electron chi connectivity index (χ3n) is 3.07. The summed E-state index contributed by atoms with van der Waals surface area (Å²) < 4.78 is 37.0. The lowest BCUT2D eigenvalue weighted by Gasteiger charge is -2.34. The fourth-order valence-electron chi connectivity index (χ4n) is 2.02. The summed E-state index contributed by atoms with van der Waals surface area (Å²) in [5.41, 5.74) is -0.563. The zero-order valence-electron chi connectivity index (χ0n) is 9.19. The second-order valence-corrected chi connectivity index (χ2v) is 4.38. The molecular weight excluding hydrogens is 202 g/mol. The van der Waals surface area contributed by atoms with E-state index >= 15 is 0 Å². The molecule has 0 spiro atoms. The molecule has 0 radical (unpaired) electrons. The highest BCUT2D eigenvalue weighted by Gasteiger charge is 2.29. The molecule has 0 aromatic carbocycles. The van der Waals surface area contributed by atoms with Crippen LogP contribution in [0.5, 0.6) is 0 Å². The summed E-state index contributed by atoms with van der Waals surface area (Å²) in [6.45, 7) is 1.94. The van der Waals surface area contributed by atoms with E-state index in [1.165, 1.54) is 0 Å². The number of rotatable bonds is 4. The van der Waals surface area contributed by atoms with E-state index in [1.807, 2.05) is 4.90 Å². The predicted molar refractivity (Wildman–Crippen MR) is 57.7 cm³/mol. The number of hydrogen-bond donors (Lipinski definition) is 0. The van der Waals surface area contributed by atoms with Crippen molar-refractivity contribution in [2.75, 3.05) is 19.6 Å². The Bertz CT molecular complexity index is 227. The highest BCUT2D eigenvalue weighted by molar-refractivity contribution is 6.66. The molecule has 5 heteroatoms. The minimum absolute atomic E-state index is 0. The van der Waals surface area contributed by atoms with Crippen molar-refractivity contribution in [1.29, 1.82) is 0 Å². The van der Waals surface area contributed by atoms with Crippen molar-refractivity contribution in [2.45, 2.75) is 26.2 Å². The summed E-state index contributed by atoms with van der Waals surface area (Å²) in [4.78, 5) is 1.88. The van der Waals surface area contributed by atoms with Crippen LogP contribution in [-0.2, 0) is 0 Å². The van der Waals surface area contributed by atoms with Crippen molar-refractivity contribution in [2.24, 2.45) is 5.92 Å². The molecule has 0 aromatic rings. The van der Waals surface area contributed by atoms with E-state index in [9.17, 15) is 12.9 Å². The average molecular weight is 220 g/mol. The van der Waals surface area contributed by atoms with Crippen molar-refractivity contribution in [3.63, 3.8) is 0 Å². The van der Waals surface area contributed by atoms with Crippen molar-refractivity contribution < 1.29 is 12.9 Å². The molecule has 1 heterocycles. The van der Waals surface area contributed by atoms with Gasteiger partial charge < -0.3 is 17.8 Å². The van der Waals surface area contributed by atoms with E-state index < -0.39 is 12.4 Å². The summed E-state index contributed by atoms with van der Waals surface area (Å²) in [5, 5.41) is 0. The Kier molecular flexibility index (Phi) is 4.26. The number of likely N-dealkylation sites (tertiary alicyclic amines) is 1. The van der Waals surface area contributed by atoms with Crippen LogP contribution in [0.15, 0.2) is 12.1 Å². The van der Waals surface area contributed by atoms with Crippen LogP contribution in [0.25, 0.3) is 0 Å². The molecule has 1 aliphatic rings. The van der Waals surface area contributed by atoms with Crippen molar-refractivity contribution >= 4 is 6.98 Å². The van der Waals surface area contributed by atoms with Gasteiger partial charge in [-0.3, -0.25) is 0 Å². The van der Waals surface area contributed by atoms with Gasteiger partial charge in [-0.1, -0.05) is 13.3 Å². The van der Waals surface area contributed by atoms with Crippen LogP contribution >= 0.6 is 0 Å². The first-order valence-corrected chi connectivity index (χ1v) is 5.53. The molecule has 0 bridgehead atoms. The number of halogens is 3. The van der Waals surface area contributed by atoms with E-state index in [4.69, 9.17) is 0 Å². The van der Waals surface area contributed by atoms with Crippen LogP contribution in [-0.4, -0.2) is 31.5 Å². The molecule has 1 unspecified atom stereocenters. The van der Waals surface area contributed by atoms with E-state index in [0.717, 1.165) is 32.4 Å². The van der Waals surface area contributed by atoms with Gasteiger partial charge in [0.15, 0.2) is 0 Å². The SMILES string of the molecule is C=C(CN1CCCC(CC)C1)[B-](F)(F)F. The minimum atomic E-state index is -4.86. The Morgan fingerprint density at radius 3 is 2.67 bits per heavy atom. The molecule has 0 saturated carbocycles. The highest BCUT2D eigenvalue weighted by atomic mass is 19.4. The molecule has 1 atom stereocenters. The summed E-state index contributed by atoms with van der Waals surface area (Å²) >= 11 is 0. The summed E-state index contributed by atoms with van der Waals surface area (Å²) in [5.74, 6) is 0.562. The fraction of sp³-hybridized carbons (Fsp3) is 0.800. The molecule has 0 amide bonds. The standard InChI is InChI=1S/C10H18BF3N/c1-3-10-5-4-6-15(8-10)7-9(2)11(12,13)14/h10H,2-8H2,1H3/q-1. The van der Waals surface area contributed by atoms with Gasteiger partial charge in [0, 0.05) is 6.54 Å². The largest absolute Gasteiger partial charge is 0.506 e. The summed E-state index contributed by atoms with van der Waals surface area (Å²) in [6, 6.07) is 0. The molecule has 0 N–H and O–H groups in total. The molecule has 0 aliphatic carbocycles. The maximum Gasteiger partial charge on any atom is 0.506 e. The predicted octanol–water partition coefficient (Wildman–Crippen LogP) is 3.05. The van der Waals surface area contributed by atoms with Gasteiger partial charge in [0.1, 0.15) is 0 Å². The minimum Gasteiger partial charge on any atom is -0.445 e. The zero-order valence-corrected chi connectivity index (χ0v) is 9.19. The Morgan fingerprint density at radius 1 is 1.47 bits per heavy atom. The molecule has 0 aromatic heterocycles. The van der Waals surface area contributed by atoms with Crippen molar-refractivity contribution in [1.82, 2.24) is 4.90 Å². The summed E-state index contributed by atoms with van der Waals surface area (Å²) in [6.07, 6.45) is 3.22. The average Bonchev–Trinajstić information content (AvgIpc) is 2.16. The molecule has 1 nitrogen and oxygen atoms in total. The second-order valence-electron chi connectivity index (χ2n) is 4.38. The van der Waals surface area contributed by atoms with Crippen LogP contribution < -0.4 is 0 Å². The fourth-order valence-corrected chi connectivity index (χ4v) is 2.02. The van der Waals surface area contributed by atoms with Gasteiger partial charge in [-0.2, -0.15) is 0 Å². The number of nitrogens with zero attached hydrogens (tertiary/aromatic N) is 1. The second kappa shape index (κ2) is 5.06. The zero-order chi connectivity index (χ0) is 11.5. The van der Waals surface area contributed by atoms with Gasteiger partial charge in [0.05, 0.1) is 0 Å². The molecule has 1 rings (SSSR count). The van der Waals surface area contributed by atoms with Crippen LogP contribution in [0.4, 0.5) is 12.9 Å². The Hall–Kier alpha value is -0.445.